The first-order chi connectivity index (χ1) is 9.20. The zero-order valence-electron chi connectivity index (χ0n) is 13.7. The first kappa shape index (κ1) is 28.8. The lowest BCUT2D eigenvalue weighted by Crippen LogP contribution is -2.38. The van der Waals surface area contributed by atoms with Crippen LogP contribution in [0.3, 0.4) is 0 Å². The Balaban J connectivity index is -0.000000602. The molecule has 0 atom stereocenters. The first-order valence-electron chi connectivity index (χ1n) is 5.50. The lowest BCUT2D eigenvalue weighted by Gasteiger charge is -2.22. The third-order valence-corrected chi connectivity index (χ3v) is 1.39. The Kier molecular flexibility index (Phi) is 18.3. The van der Waals surface area contributed by atoms with E-state index in [0.29, 0.717) is 10.5 Å². The highest BCUT2D eigenvalue weighted by molar-refractivity contribution is 5.67. The molecule has 0 saturated carbocycles. The molecular formula is C10H25N5O8. The Labute approximate surface area is 133 Å². The van der Waals surface area contributed by atoms with E-state index in [2.05, 4.69) is 19.4 Å². The summed E-state index contributed by atoms with van der Waals surface area (Å²) in [7, 11) is 0. The van der Waals surface area contributed by atoms with Crippen molar-refractivity contribution in [1.29, 1.82) is 0 Å². The van der Waals surface area contributed by atoms with Gasteiger partial charge in [-0.05, 0) is 0 Å². The topological polar surface area (TPSA) is 217 Å². The van der Waals surface area contributed by atoms with E-state index in [1.165, 1.54) is 0 Å². The van der Waals surface area contributed by atoms with E-state index in [4.69, 9.17) is 0 Å². The summed E-state index contributed by atoms with van der Waals surface area (Å²) in [6, 6.07) is 0. The summed E-state index contributed by atoms with van der Waals surface area (Å²) in [5, 5.41) is 1.15. The Hall–Kier alpha value is -2.32. The van der Waals surface area contributed by atoms with Crippen LogP contribution in [0.4, 0.5) is 0 Å². The van der Waals surface area contributed by atoms with Crippen LogP contribution in [-0.4, -0.2) is 47.4 Å². The van der Waals surface area contributed by atoms with Crippen molar-refractivity contribution in [3.05, 3.63) is 0 Å². The smallest absolute Gasteiger partial charge is 0.326 e. The third kappa shape index (κ3) is 17.6. The van der Waals surface area contributed by atoms with Crippen molar-refractivity contribution in [2.24, 2.45) is 0 Å². The lowest BCUT2D eigenvalue weighted by atomic mass is 10.7. The van der Waals surface area contributed by atoms with Crippen LogP contribution >= 0.6 is 0 Å². The van der Waals surface area contributed by atoms with Crippen molar-refractivity contribution in [1.82, 2.24) is 28.9 Å². The molecule has 0 radical (unpaired) electrons. The molecule has 0 aliphatic heterocycles. The van der Waals surface area contributed by atoms with Crippen molar-refractivity contribution >= 4 is 23.9 Å². The van der Waals surface area contributed by atoms with Crippen molar-refractivity contribution in [3.8, 4) is 0 Å². The molecule has 138 valence electrons. The molecule has 23 heavy (non-hydrogen) atoms. The molecule has 0 fully saturated rings. The fourth-order valence-electron chi connectivity index (χ4n) is 0.957. The van der Waals surface area contributed by atoms with Gasteiger partial charge in [-0.15, -0.1) is 0 Å². The lowest BCUT2D eigenvalue weighted by molar-refractivity contribution is -0.354. The van der Waals surface area contributed by atoms with E-state index in [1.807, 2.05) is 0 Å². The molecule has 0 spiro atoms. The van der Waals surface area contributed by atoms with Crippen LogP contribution in [0.5, 0.6) is 0 Å². The third-order valence-electron chi connectivity index (χ3n) is 1.39. The van der Waals surface area contributed by atoms with Crippen molar-refractivity contribution in [3.63, 3.8) is 0 Å². The predicted octanol–water partition coefficient (Wildman–Crippen LogP) is -0.0112. The zero-order chi connectivity index (χ0) is 15.7. The number of carbonyl (C=O) groups excluding carboxylic acids is 4. The van der Waals surface area contributed by atoms with Gasteiger partial charge in [0.2, 0.25) is 0 Å². The summed E-state index contributed by atoms with van der Waals surface area (Å²) in [5.74, 6) is -2.90. The van der Waals surface area contributed by atoms with Gasteiger partial charge in [-0.2, -0.15) is 0 Å². The number of carbonyl (C=O) groups is 4. The van der Waals surface area contributed by atoms with Gasteiger partial charge in [0.05, 0.1) is 13.1 Å². The van der Waals surface area contributed by atoms with Gasteiger partial charge in [0.25, 0.3) is 0 Å². The molecule has 0 heterocycles. The maximum Gasteiger partial charge on any atom is 0.326 e. The molecule has 13 nitrogen and oxygen atoms in total. The summed E-state index contributed by atoms with van der Waals surface area (Å²) < 4.78 is 0. The van der Waals surface area contributed by atoms with E-state index < -0.39 is 23.9 Å². The largest absolute Gasteiger partial charge is 0.344 e. The summed E-state index contributed by atoms with van der Waals surface area (Å²) in [6.07, 6.45) is 0. The van der Waals surface area contributed by atoms with Gasteiger partial charge in [0.15, 0.2) is 0 Å². The average Bonchev–Trinajstić information content (AvgIpc) is 2.22. The van der Waals surface area contributed by atoms with Gasteiger partial charge >= 0.3 is 23.9 Å². The summed E-state index contributed by atoms with van der Waals surface area (Å²) in [4.78, 5) is 61.4. The molecule has 0 amide bonds. The van der Waals surface area contributed by atoms with Gasteiger partial charge in [0.1, 0.15) is 0 Å². The van der Waals surface area contributed by atoms with Gasteiger partial charge in [-0.3, -0.25) is 19.2 Å². The molecule has 0 rings (SSSR count). The van der Waals surface area contributed by atoms with Gasteiger partial charge in [-0.25, -0.2) is 0 Å². The maximum absolute atomic E-state index is 10.8. The minimum absolute atomic E-state index is 0. The Morgan fingerprint density at radius 1 is 0.565 bits per heavy atom. The van der Waals surface area contributed by atoms with Crippen molar-refractivity contribution < 1.29 is 38.5 Å². The predicted molar refractivity (Wildman–Crippen MR) is 75.5 cm³/mol. The highest BCUT2D eigenvalue weighted by atomic mass is 17.0. The normalized spacial score (nSPS) is 8.78. The summed E-state index contributed by atoms with van der Waals surface area (Å²) in [5.41, 5.74) is 0. The molecule has 13 heteroatoms. The van der Waals surface area contributed by atoms with Crippen molar-refractivity contribution in [2.75, 3.05) is 13.1 Å². The second-order valence-electron chi connectivity index (χ2n) is 3.44. The molecule has 0 aromatic carbocycles. The van der Waals surface area contributed by atoms with E-state index in [0.717, 1.165) is 27.7 Å². The van der Waals surface area contributed by atoms with Crippen LogP contribution in [0, 0.1) is 0 Å². The quantitative estimate of drug-likeness (QED) is 0.518. The fraction of sp³-hybridized carbons (Fsp3) is 0.600. The molecule has 0 aliphatic rings. The maximum atomic E-state index is 10.8. The molecule has 9 N–H and O–H groups in total. The van der Waals surface area contributed by atoms with E-state index in [9.17, 15) is 19.2 Å². The van der Waals surface area contributed by atoms with Crippen molar-refractivity contribution in [2.45, 2.75) is 27.7 Å². The Bertz CT molecular complexity index is 323. The van der Waals surface area contributed by atoms with E-state index in [1.54, 1.807) is 0 Å². The minimum atomic E-state index is -0.724. The second-order valence-corrected chi connectivity index (χ2v) is 3.44. The fourth-order valence-corrected chi connectivity index (χ4v) is 0.957. The minimum Gasteiger partial charge on any atom is -0.344 e. The van der Waals surface area contributed by atoms with Crippen LogP contribution in [0.15, 0.2) is 0 Å². The molecule has 0 unspecified atom stereocenters. The SMILES string of the molecule is CC(=O)ON(CCN(OC(C)=O)OC(C)=O)OC(C)=O.N.N.N. The monoisotopic (exact) mass is 343 g/mol. The van der Waals surface area contributed by atoms with Crippen LogP contribution < -0.4 is 18.5 Å². The Morgan fingerprint density at radius 2 is 0.739 bits per heavy atom. The second kappa shape index (κ2) is 14.6. The highest BCUT2D eigenvalue weighted by Gasteiger charge is 2.18. The number of nitrogens with zero attached hydrogens (tertiary/aromatic N) is 2. The number of hydrogen-bond acceptors (Lipinski definition) is 13. The van der Waals surface area contributed by atoms with E-state index >= 15 is 0 Å². The van der Waals surface area contributed by atoms with Crippen LogP contribution in [0.1, 0.15) is 27.7 Å². The van der Waals surface area contributed by atoms with E-state index in [-0.39, 0.29) is 31.5 Å². The van der Waals surface area contributed by atoms with Crippen LogP contribution in [-0.2, 0) is 38.5 Å². The number of hydrogen-bond donors (Lipinski definition) is 3. The van der Waals surface area contributed by atoms with Gasteiger partial charge in [0, 0.05) is 38.1 Å². The number of hydroxylamine groups is 4. The summed E-state index contributed by atoms with van der Waals surface area (Å²) >= 11 is 0. The standard InChI is InChI=1S/C10H16N2O8.3H3N/c1-7(13)17-11(18-8(2)14)5-6-12(19-9(3)15)20-10(4)16;;;/h5-6H2,1-4H3;3*1H3. The average molecular weight is 343 g/mol. The molecule has 0 aliphatic carbocycles. The molecular weight excluding hydrogens is 318 g/mol. The number of rotatable bonds is 7. The van der Waals surface area contributed by atoms with Gasteiger partial charge < -0.3 is 37.8 Å². The molecule has 0 saturated heterocycles. The van der Waals surface area contributed by atoms with Gasteiger partial charge in [-0.1, -0.05) is 0 Å². The zero-order valence-corrected chi connectivity index (χ0v) is 13.7. The molecule has 0 bridgehead atoms. The Morgan fingerprint density at radius 3 is 0.870 bits per heavy atom. The first-order valence-corrected chi connectivity index (χ1v) is 5.50. The molecule has 0 aromatic rings. The van der Waals surface area contributed by atoms with Crippen LogP contribution in [0.2, 0.25) is 0 Å². The molecule has 0 aromatic heterocycles. The summed E-state index contributed by atoms with van der Waals surface area (Å²) in [6.45, 7) is 3.97. The van der Waals surface area contributed by atoms with Crippen LogP contribution in [0.25, 0.3) is 0 Å². The highest BCUT2D eigenvalue weighted by Crippen LogP contribution is 1.99.